The van der Waals surface area contributed by atoms with Gasteiger partial charge in [0.25, 0.3) is 0 Å². The molecule has 0 spiro atoms. The van der Waals surface area contributed by atoms with Crippen molar-refractivity contribution in [2.45, 2.75) is 103 Å². The Labute approximate surface area is 239 Å². The van der Waals surface area contributed by atoms with Crippen molar-refractivity contribution >= 4 is 17.9 Å². The van der Waals surface area contributed by atoms with Crippen LogP contribution in [0.5, 0.6) is 0 Å². The van der Waals surface area contributed by atoms with Gasteiger partial charge in [-0.1, -0.05) is 61.7 Å². The number of alkyl carbamates (subject to hydrolysis) is 1. The largest absolute Gasteiger partial charge is 0.444 e. The summed E-state index contributed by atoms with van der Waals surface area (Å²) in [5, 5.41) is 5.94. The van der Waals surface area contributed by atoms with Gasteiger partial charge in [0.1, 0.15) is 17.7 Å². The van der Waals surface area contributed by atoms with Crippen molar-refractivity contribution in [2.75, 3.05) is 0 Å². The quantitative estimate of drug-likeness (QED) is 0.364. The van der Waals surface area contributed by atoms with E-state index in [1.807, 2.05) is 49.4 Å². The maximum Gasteiger partial charge on any atom is 0.408 e. The van der Waals surface area contributed by atoms with Crippen LogP contribution in [-0.2, 0) is 20.7 Å². The third-order valence-electron chi connectivity index (χ3n) is 7.02. The van der Waals surface area contributed by atoms with Gasteiger partial charge in [-0.25, -0.2) is 4.79 Å². The molecule has 0 bridgehead atoms. The summed E-state index contributed by atoms with van der Waals surface area (Å²) in [5.74, 6) is 2.05. The molecule has 7 heteroatoms. The zero-order valence-corrected chi connectivity index (χ0v) is 24.4. The fraction of sp³-hybridized carbons (Fsp3) is 0.485. The van der Waals surface area contributed by atoms with Crippen LogP contribution < -0.4 is 10.6 Å². The normalized spacial score (nSPS) is 15.5. The van der Waals surface area contributed by atoms with Crippen LogP contribution in [0.3, 0.4) is 0 Å². The highest BCUT2D eigenvalue weighted by Crippen LogP contribution is 2.34. The highest BCUT2D eigenvalue weighted by Gasteiger charge is 2.42. The maximum atomic E-state index is 14.5. The number of nitrogens with one attached hydrogen (secondary N) is 2. The number of benzene rings is 2. The summed E-state index contributed by atoms with van der Waals surface area (Å²) in [7, 11) is 0. The summed E-state index contributed by atoms with van der Waals surface area (Å²) in [4.78, 5) is 43.0. The molecule has 0 radical (unpaired) electrons. The summed E-state index contributed by atoms with van der Waals surface area (Å²) >= 11 is 0. The minimum absolute atomic E-state index is 0.0525. The first-order valence-electron chi connectivity index (χ1n) is 14.2. The van der Waals surface area contributed by atoms with Crippen molar-refractivity contribution in [3.8, 4) is 12.3 Å². The molecule has 3 amide bonds. The molecule has 1 saturated carbocycles. The van der Waals surface area contributed by atoms with Crippen molar-refractivity contribution in [1.29, 1.82) is 0 Å². The number of carbonyl (C=O) groups is 3. The first-order valence-corrected chi connectivity index (χ1v) is 14.2. The maximum absolute atomic E-state index is 14.5. The van der Waals surface area contributed by atoms with E-state index in [9.17, 15) is 14.4 Å². The second-order valence-electron chi connectivity index (χ2n) is 11.6. The number of nitrogens with zero attached hydrogens (tertiary/aromatic N) is 1. The number of ether oxygens (including phenoxy) is 1. The molecule has 2 aromatic carbocycles. The molecule has 0 aliphatic heterocycles. The molecule has 2 N–H and O–H groups in total. The number of rotatable bonds is 11. The van der Waals surface area contributed by atoms with E-state index < -0.39 is 23.8 Å². The predicted octanol–water partition coefficient (Wildman–Crippen LogP) is 5.53. The second kappa shape index (κ2) is 14.0. The van der Waals surface area contributed by atoms with Gasteiger partial charge in [0.05, 0.1) is 0 Å². The standard InChI is InChI=1S/C33H43N3O4/c1-7-13-23(3)34-30(37)29(26-20-18-24(8-2)19-21-26)36(27-16-12-17-27)31(38)28(22-25-14-10-9-11-15-25)35-32(39)40-33(4,5)6/h2,9-11,14-15,18-21,23,27-29H,7,12-13,16-17,22H2,1,3-6H3,(H,34,37)(H,35,39). The van der Waals surface area contributed by atoms with Gasteiger partial charge in [0.15, 0.2) is 0 Å². The van der Waals surface area contributed by atoms with Gasteiger partial charge in [0, 0.05) is 24.1 Å². The molecule has 0 aromatic heterocycles. The smallest absolute Gasteiger partial charge is 0.408 e. The highest BCUT2D eigenvalue weighted by molar-refractivity contribution is 5.92. The molecular formula is C33H43N3O4. The van der Waals surface area contributed by atoms with Crippen LogP contribution in [0.4, 0.5) is 4.79 Å². The third kappa shape index (κ3) is 8.61. The molecule has 3 rings (SSSR count). The fourth-order valence-electron chi connectivity index (χ4n) is 4.89. The predicted molar refractivity (Wildman–Crippen MR) is 157 cm³/mol. The Hall–Kier alpha value is -3.79. The number of carbonyl (C=O) groups excluding carboxylic acids is 3. The molecule has 214 valence electrons. The Morgan fingerprint density at radius 3 is 2.23 bits per heavy atom. The molecule has 40 heavy (non-hydrogen) atoms. The second-order valence-corrected chi connectivity index (χ2v) is 11.6. The Morgan fingerprint density at radius 1 is 1.05 bits per heavy atom. The Morgan fingerprint density at radius 2 is 1.70 bits per heavy atom. The molecule has 1 fully saturated rings. The van der Waals surface area contributed by atoms with Crippen LogP contribution in [0, 0.1) is 12.3 Å². The molecule has 0 saturated heterocycles. The molecule has 2 aromatic rings. The van der Waals surface area contributed by atoms with Gasteiger partial charge in [-0.15, -0.1) is 6.42 Å². The van der Waals surface area contributed by atoms with E-state index in [1.165, 1.54) is 0 Å². The van der Waals surface area contributed by atoms with Crippen molar-refractivity contribution in [1.82, 2.24) is 15.5 Å². The molecule has 7 nitrogen and oxygen atoms in total. The zero-order chi connectivity index (χ0) is 29.3. The van der Waals surface area contributed by atoms with Gasteiger partial charge in [-0.3, -0.25) is 9.59 Å². The van der Waals surface area contributed by atoms with E-state index in [0.717, 1.165) is 37.7 Å². The number of hydrogen-bond donors (Lipinski definition) is 2. The van der Waals surface area contributed by atoms with Crippen molar-refractivity contribution < 1.29 is 19.1 Å². The molecule has 1 aliphatic carbocycles. The molecular weight excluding hydrogens is 502 g/mol. The minimum atomic E-state index is -0.925. The Balaban J connectivity index is 2.03. The van der Waals surface area contributed by atoms with E-state index in [4.69, 9.17) is 11.2 Å². The molecule has 3 unspecified atom stereocenters. The monoisotopic (exact) mass is 545 g/mol. The molecule has 1 aliphatic rings. The van der Waals surface area contributed by atoms with E-state index in [-0.39, 0.29) is 30.3 Å². The van der Waals surface area contributed by atoms with Crippen LogP contribution in [0.2, 0.25) is 0 Å². The summed E-state index contributed by atoms with van der Waals surface area (Å²) in [6, 6.07) is 14.8. The average Bonchev–Trinajstić information content (AvgIpc) is 2.86. The fourth-order valence-corrected chi connectivity index (χ4v) is 4.89. The molecule has 0 heterocycles. The van der Waals surface area contributed by atoms with Crippen molar-refractivity contribution in [3.63, 3.8) is 0 Å². The number of terminal acetylenes is 1. The summed E-state index contributed by atoms with van der Waals surface area (Å²) in [6.07, 6.45) is 9.45. The summed E-state index contributed by atoms with van der Waals surface area (Å²) < 4.78 is 5.52. The van der Waals surface area contributed by atoms with Gasteiger partial charge in [0.2, 0.25) is 11.8 Å². The van der Waals surface area contributed by atoms with E-state index in [0.29, 0.717) is 11.1 Å². The van der Waals surface area contributed by atoms with Crippen LogP contribution >= 0.6 is 0 Å². The van der Waals surface area contributed by atoms with Crippen molar-refractivity contribution in [3.05, 3.63) is 71.3 Å². The lowest BCUT2D eigenvalue weighted by atomic mass is 9.87. The average molecular weight is 546 g/mol. The molecule has 3 atom stereocenters. The number of hydrogen-bond acceptors (Lipinski definition) is 4. The van der Waals surface area contributed by atoms with Gasteiger partial charge in [-0.2, -0.15) is 0 Å². The first-order chi connectivity index (χ1) is 19.0. The third-order valence-corrected chi connectivity index (χ3v) is 7.02. The highest BCUT2D eigenvalue weighted by atomic mass is 16.6. The minimum Gasteiger partial charge on any atom is -0.444 e. The zero-order valence-electron chi connectivity index (χ0n) is 24.4. The topological polar surface area (TPSA) is 87.7 Å². The lowest BCUT2D eigenvalue weighted by molar-refractivity contribution is -0.147. The summed E-state index contributed by atoms with van der Waals surface area (Å²) in [5.41, 5.74) is 1.53. The van der Waals surface area contributed by atoms with Gasteiger partial charge < -0.3 is 20.3 Å². The number of amides is 3. The van der Waals surface area contributed by atoms with Crippen LogP contribution in [0.25, 0.3) is 0 Å². The lowest BCUT2D eigenvalue weighted by Crippen LogP contribution is -2.58. The first kappa shape index (κ1) is 30.7. The van der Waals surface area contributed by atoms with E-state index >= 15 is 0 Å². The Bertz CT molecular complexity index is 1180. The van der Waals surface area contributed by atoms with E-state index in [2.05, 4.69) is 23.5 Å². The van der Waals surface area contributed by atoms with Crippen molar-refractivity contribution in [2.24, 2.45) is 0 Å². The van der Waals surface area contributed by atoms with Crippen LogP contribution in [0.15, 0.2) is 54.6 Å². The van der Waals surface area contributed by atoms with Crippen LogP contribution in [-0.4, -0.2) is 46.5 Å². The Kier molecular flexibility index (Phi) is 10.8. The van der Waals surface area contributed by atoms with Gasteiger partial charge in [-0.05, 0) is 76.6 Å². The van der Waals surface area contributed by atoms with Crippen LogP contribution in [0.1, 0.15) is 89.5 Å². The lowest BCUT2D eigenvalue weighted by Gasteiger charge is -2.44. The van der Waals surface area contributed by atoms with Gasteiger partial charge >= 0.3 is 6.09 Å². The summed E-state index contributed by atoms with van der Waals surface area (Å²) in [6.45, 7) is 9.37. The van der Waals surface area contributed by atoms with E-state index in [1.54, 1.807) is 37.8 Å². The SMILES string of the molecule is C#Cc1ccc(C(C(=O)NC(C)CCC)N(C(=O)C(Cc2ccccc2)NC(=O)OC(C)(C)C)C2CCC2)cc1.